The van der Waals surface area contributed by atoms with Gasteiger partial charge in [0, 0.05) is 5.75 Å². The van der Waals surface area contributed by atoms with E-state index >= 15 is 0 Å². The molecule has 2 unspecified atom stereocenters. The maximum atomic E-state index is 12.1. The van der Waals surface area contributed by atoms with Crippen LogP contribution in [0.15, 0.2) is 121 Å². The second-order valence-electron chi connectivity index (χ2n) is 8.98. The molecule has 36 heavy (non-hydrogen) atoms. The Labute approximate surface area is 217 Å². The van der Waals surface area contributed by atoms with E-state index < -0.39 is 22.7 Å². The summed E-state index contributed by atoms with van der Waals surface area (Å²) in [5.41, 5.74) is 4.46. The number of hydrogen-bond donors (Lipinski definition) is 2. The first kappa shape index (κ1) is 25.7. The van der Waals surface area contributed by atoms with Crippen LogP contribution in [0.2, 0.25) is 0 Å². The minimum atomic E-state index is -0.973. The molecule has 184 valence electrons. The lowest BCUT2D eigenvalue weighted by Crippen LogP contribution is -2.33. The van der Waals surface area contributed by atoms with E-state index in [0.717, 1.165) is 23.1 Å². The first-order valence-electron chi connectivity index (χ1n) is 12.4. The highest BCUT2D eigenvalue weighted by atomic mass is 32.2. The van der Waals surface area contributed by atoms with E-state index in [1.54, 1.807) is 11.8 Å². The number of aliphatic hydroxyl groups is 1. The average molecular weight is 497 g/mol. The summed E-state index contributed by atoms with van der Waals surface area (Å²) < 4.78 is -0.585. The molecule has 4 heteroatoms. The molecule has 0 amide bonds. The molecule has 4 aromatic rings. The van der Waals surface area contributed by atoms with Gasteiger partial charge in [-0.05, 0) is 41.5 Å². The van der Waals surface area contributed by atoms with Crippen molar-refractivity contribution in [1.82, 2.24) is 0 Å². The fraction of sp³-hybridized carbons (Fsp3) is 0.219. The molecule has 0 aliphatic rings. The number of benzene rings is 4. The van der Waals surface area contributed by atoms with Gasteiger partial charge in [0.15, 0.2) is 0 Å². The van der Waals surface area contributed by atoms with Crippen LogP contribution < -0.4 is 0 Å². The zero-order valence-electron chi connectivity index (χ0n) is 20.2. The summed E-state index contributed by atoms with van der Waals surface area (Å²) in [6.45, 7) is 0. The predicted molar refractivity (Wildman–Crippen MR) is 148 cm³/mol. The van der Waals surface area contributed by atoms with E-state index in [1.165, 1.54) is 5.56 Å². The lowest BCUT2D eigenvalue weighted by molar-refractivity contribution is -0.145. The van der Waals surface area contributed by atoms with Crippen molar-refractivity contribution in [3.8, 4) is 0 Å². The summed E-state index contributed by atoms with van der Waals surface area (Å²) in [5.74, 6) is -1.47. The molecular formula is C32H32O3S. The van der Waals surface area contributed by atoms with E-state index in [0.29, 0.717) is 18.6 Å². The molecule has 0 bridgehead atoms. The van der Waals surface area contributed by atoms with Gasteiger partial charge in [-0.15, -0.1) is 11.8 Å². The van der Waals surface area contributed by atoms with Gasteiger partial charge >= 0.3 is 5.97 Å². The van der Waals surface area contributed by atoms with Crippen molar-refractivity contribution < 1.29 is 15.0 Å². The van der Waals surface area contributed by atoms with E-state index in [2.05, 4.69) is 48.5 Å². The first-order chi connectivity index (χ1) is 17.6. The highest BCUT2D eigenvalue weighted by Crippen LogP contribution is 2.48. The van der Waals surface area contributed by atoms with Gasteiger partial charge in [0.2, 0.25) is 0 Å². The van der Waals surface area contributed by atoms with E-state index in [9.17, 15) is 15.0 Å². The fourth-order valence-electron chi connectivity index (χ4n) is 4.75. The van der Waals surface area contributed by atoms with Gasteiger partial charge in [-0.2, -0.15) is 0 Å². The number of carbonyl (C=O) groups is 1. The summed E-state index contributed by atoms with van der Waals surface area (Å²) in [7, 11) is 0. The van der Waals surface area contributed by atoms with Gasteiger partial charge in [0.25, 0.3) is 0 Å². The molecule has 0 radical (unpaired) electrons. The minimum absolute atomic E-state index is 0.293. The van der Waals surface area contributed by atoms with Gasteiger partial charge < -0.3 is 10.2 Å². The highest BCUT2D eigenvalue weighted by molar-refractivity contribution is 8.00. The molecule has 0 heterocycles. The van der Waals surface area contributed by atoms with Crippen LogP contribution in [0.1, 0.15) is 35.1 Å². The highest BCUT2D eigenvalue weighted by Gasteiger charge is 2.38. The number of carboxylic acid groups (broad SMARTS) is 1. The Morgan fingerprint density at radius 1 is 0.694 bits per heavy atom. The molecule has 2 atom stereocenters. The Morgan fingerprint density at radius 2 is 1.11 bits per heavy atom. The third-order valence-corrected chi connectivity index (χ3v) is 8.26. The summed E-state index contributed by atoms with van der Waals surface area (Å²) in [4.78, 5) is 12.1. The third kappa shape index (κ3) is 6.07. The van der Waals surface area contributed by atoms with E-state index in [-0.39, 0.29) is 0 Å². The maximum Gasteiger partial charge on any atom is 0.309 e. The Bertz CT molecular complexity index is 1100. The molecule has 0 fully saturated rings. The normalized spacial score (nSPS) is 13.1. The minimum Gasteiger partial charge on any atom is -0.481 e. The fourth-order valence-corrected chi connectivity index (χ4v) is 6.31. The molecule has 2 N–H and O–H groups in total. The quantitative estimate of drug-likeness (QED) is 0.212. The number of aliphatic carboxylic acids is 1. The standard InChI is InChI=1S/C32H32O3S/c33-30(29(31(34)35)23-13-16-25-14-5-1-6-15-25)24-36-32(26-17-7-2-8-18-26,27-19-9-3-10-20-27)28-21-11-4-12-22-28/h1-12,14-15,17-22,29-30,33H,13,16,23-24H2,(H,34,35). The summed E-state index contributed by atoms with van der Waals surface area (Å²) in [6, 6.07) is 40.8. The molecule has 4 rings (SSSR count). The number of thioether (sulfide) groups is 1. The first-order valence-corrected chi connectivity index (χ1v) is 13.3. The van der Waals surface area contributed by atoms with Crippen molar-refractivity contribution in [3.63, 3.8) is 0 Å². The Balaban J connectivity index is 1.60. The van der Waals surface area contributed by atoms with Crippen LogP contribution in [0.25, 0.3) is 0 Å². The number of aliphatic hydroxyl groups excluding tert-OH is 1. The van der Waals surface area contributed by atoms with Crippen molar-refractivity contribution in [3.05, 3.63) is 144 Å². The summed E-state index contributed by atoms with van der Waals surface area (Å²) >= 11 is 1.60. The van der Waals surface area contributed by atoms with Crippen LogP contribution >= 0.6 is 11.8 Å². The molecule has 0 saturated carbocycles. The lowest BCUT2D eigenvalue weighted by Gasteiger charge is -2.36. The second-order valence-corrected chi connectivity index (χ2v) is 10.2. The van der Waals surface area contributed by atoms with Gasteiger partial charge in [-0.3, -0.25) is 4.79 Å². The van der Waals surface area contributed by atoms with Crippen LogP contribution in [-0.2, 0) is 16.0 Å². The summed E-state index contributed by atoms with van der Waals surface area (Å²) in [5, 5.41) is 21.1. The largest absolute Gasteiger partial charge is 0.481 e. The van der Waals surface area contributed by atoms with E-state index in [4.69, 9.17) is 0 Å². The van der Waals surface area contributed by atoms with Crippen molar-refractivity contribution in [2.45, 2.75) is 30.1 Å². The Kier molecular flexibility index (Phi) is 8.99. The third-order valence-electron chi connectivity index (χ3n) is 6.62. The van der Waals surface area contributed by atoms with Gasteiger partial charge in [-0.25, -0.2) is 0 Å². The number of rotatable bonds is 12. The maximum absolute atomic E-state index is 12.1. The van der Waals surface area contributed by atoms with Crippen molar-refractivity contribution in [1.29, 1.82) is 0 Å². The monoisotopic (exact) mass is 496 g/mol. The molecule has 3 nitrogen and oxygen atoms in total. The van der Waals surface area contributed by atoms with Crippen molar-refractivity contribution in [2.75, 3.05) is 5.75 Å². The molecule has 0 aliphatic carbocycles. The molecule has 0 aliphatic heterocycles. The Morgan fingerprint density at radius 3 is 1.53 bits per heavy atom. The van der Waals surface area contributed by atoms with Crippen molar-refractivity contribution >= 4 is 17.7 Å². The van der Waals surface area contributed by atoms with Crippen LogP contribution in [0.4, 0.5) is 0 Å². The van der Waals surface area contributed by atoms with Gasteiger partial charge in [0.1, 0.15) is 0 Å². The predicted octanol–water partition coefficient (Wildman–Crippen LogP) is 6.80. The smallest absolute Gasteiger partial charge is 0.309 e. The molecule has 0 spiro atoms. The molecule has 0 aromatic heterocycles. The average Bonchev–Trinajstić information content (AvgIpc) is 2.93. The van der Waals surface area contributed by atoms with Crippen molar-refractivity contribution in [2.24, 2.45) is 5.92 Å². The van der Waals surface area contributed by atoms with Crippen LogP contribution in [0.3, 0.4) is 0 Å². The SMILES string of the molecule is O=C(O)C(CCCc1ccccc1)C(O)CSC(c1ccccc1)(c1ccccc1)c1ccccc1. The number of carboxylic acids is 1. The van der Waals surface area contributed by atoms with E-state index in [1.807, 2.05) is 72.8 Å². The zero-order valence-corrected chi connectivity index (χ0v) is 21.1. The summed E-state index contributed by atoms with van der Waals surface area (Å²) in [6.07, 6.45) is 0.968. The topological polar surface area (TPSA) is 57.5 Å². The van der Waals surface area contributed by atoms with Crippen LogP contribution in [0.5, 0.6) is 0 Å². The lowest BCUT2D eigenvalue weighted by atomic mass is 9.84. The van der Waals surface area contributed by atoms with Gasteiger partial charge in [0.05, 0.1) is 16.8 Å². The van der Waals surface area contributed by atoms with Gasteiger partial charge in [-0.1, -0.05) is 121 Å². The second kappa shape index (κ2) is 12.6. The molecule has 4 aromatic carbocycles. The number of hydrogen-bond acceptors (Lipinski definition) is 3. The molecular weight excluding hydrogens is 464 g/mol. The Hall–Kier alpha value is -3.34. The zero-order chi connectivity index (χ0) is 25.2. The van der Waals surface area contributed by atoms with Crippen LogP contribution in [-0.4, -0.2) is 28.0 Å². The van der Waals surface area contributed by atoms with Crippen LogP contribution in [0, 0.1) is 5.92 Å². The molecule has 0 saturated heterocycles. The number of aryl methyl sites for hydroxylation is 1.